The Morgan fingerprint density at radius 1 is 1.18 bits per heavy atom. The van der Waals surface area contributed by atoms with Crippen LogP contribution >= 0.6 is 0 Å². The second-order valence-corrected chi connectivity index (χ2v) is 7.75. The summed E-state index contributed by atoms with van der Waals surface area (Å²) >= 11 is 0. The van der Waals surface area contributed by atoms with E-state index in [-0.39, 0.29) is 5.82 Å². The van der Waals surface area contributed by atoms with Crippen molar-refractivity contribution in [3.05, 3.63) is 77.5 Å². The van der Waals surface area contributed by atoms with Gasteiger partial charge in [0.25, 0.3) is 0 Å². The van der Waals surface area contributed by atoms with Crippen molar-refractivity contribution in [3.8, 4) is 0 Å². The third-order valence-corrected chi connectivity index (χ3v) is 5.54. The minimum atomic E-state index is -0.298. The van der Waals surface area contributed by atoms with E-state index in [1.807, 2.05) is 31.3 Å². The van der Waals surface area contributed by atoms with Crippen LogP contribution in [0.5, 0.6) is 0 Å². The molecular formula is C24H26FN3. The molecule has 28 heavy (non-hydrogen) atoms. The van der Waals surface area contributed by atoms with Gasteiger partial charge in [-0.15, -0.1) is 0 Å². The minimum Gasteiger partial charge on any atom is -0.381 e. The molecular weight excluding hydrogens is 349 g/mol. The van der Waals surface area contributed by atoms with Gasteiger partial charge in [0.15, 0.2) is 0 Å². The van der Waals surface area contributed by atoms with E-state index in [0.29, 0.717) is 18.0 Å². The van der Waals surface area contributed by atoms with Gasteiger partial charge in [-0.25, -0.2) is 9.37 Å². The average Bonchev–Trinajstić information content (AvgIpc) is 2.71. The molecule has 2 aromatic heterocycles. The second kappa shape index (κ2) is 8.09. The number of para-hydroxylation sites is 1. The summed E-state index contributed by atoms with van der Waals surface area (Å²) in [5.74, 6) is -0.298. The molecule has 0 bridgehead atoms. The van der Waals surface area contributed by atoms with Gasteiger partial charge in [0, 0.05) is 23.3 Å². The molecule has 2 heterocycles. The first kappa shape index (κ1) is 18.6. The van der Waals surface area contributed by atoms with E-state index in [1.54, 1.807) is 6.07 Å². The number of aromatic nitrogens is 2. The summed E-state index contributed by atoms with van der Waals surface area (Å²) in [5, 5.41) is 4.37. The van der Waals surface area contributed by atoms with Gasteiger partial charge in [-0.05, 0) is 55.5 Å². The third kappa shape index (κ3) is 4.06. The van der Waals surface area contributed by atoms with Crippen molar-refractivity contribution >= 4 is 16.6 Å². The molecule has 1 saturated carbocycles. The van der Waals surface area contributed by atoms with Crippen LogP contribution < -0.4 is 5.32 Å². The monoisotopic (exact) mass is 375 g/mol. The average molecular weight is 375 g/mol. The van der Waals surface area contributed by atoms with Crippen LogP contribution in [0.3, 0.4) is 0 Å². The van der Waals surface area contributed by atoms with Crippen molar-refractivity contribution in [2.75, 3.05) is 0 Å². The van der Waals surface area contributed by atoms with E-state index >= 15 is 0 Å². The van der Waals surface area contributed by atoms with Crippen LogP contribution in [0.4, 0.5) is 4.39 Å². The van der Waals surface area contributed by atoms with Crippen molar-refractivity contribution in [2.45, 2.75) is 51.5 Å². The maximum Gasteiger partial charge on any atom is 0.149 e. The van der Waals surface area contributed by atoms with Crippen LogP contribution in [-0.2, 0) is 6.42 Å². The number of benzene rings is 1. The minimum absolute atomic E-state index is 0.298. The van der Waals surface area contributed by atoms with E-state index in [2.05, 4.69) is 27.9 Å². The Morgan fingerprint density at radius 3 is 2.75 bits per heavy atom. The largest absolute Gasteiger partial charge is 0.381 e. The topological polar surface area (TPSA) is 37.8 Å². The van der Waals surface area contributed by atoms with Gasteiger partial charge >= 0.3 is 0 Å². The number of hydrogen-bond donors (Lipinski definition) is 1. The highest BCUT2D eigenvalue weighted by atomic mass is 19.1. The summed E-state index contributed by atoms with van der Waals surface area (Å²) in [6, 6.07) is 11.7. The summed E-state index contributed by atoms with van der Waals surface area (Å²) in [6.45, 7) is 6.18. The fraction of sp³-hybridized carbons (Fsp3) is 0.333. The first-order valence-corrected chi connectivity index (χ1v) is 10.1. The molecule has 3 nitrogen and oxygen atoms in total. The molecule has 0 atom stereocenters. The SMILES string of the molecule is C=C(NC1CCCCC1)c1cc(Cc2ccc(C)nc2)c2cccc(F)c2n1. The lowest BCUT2D eigenvalue weighted by Gasteiger charge is -2.25. The van der Waals surface area contributed by atoms with Crippen LogP contribution in [0.2, 0.25) is 0 Å². The number of fused-ring (bicyclic) bond motifs is 1. The van der Waals surface area contributed by atoms with Gasteiger partial charge in [0.2, 0.25) is 0 Å². The summed E-state index contributed by atoms with van der Waals surface area (Å²) in [7, 11) is 0. The molecule has 1 aliphatic rings. The maximum absolute atomic E-state index is 14.5. The lowest BCUT2D eigenvalue weighted by atomic mass is 9.95. The number of pyridine rings is 2. The van der Waals surface area contributed by atoms with Gasteiger partial charge < -0.3 is 5.32 Å². The molecule has 4 rings (SSSR count). The fourth-order valence-corrected chi connectivity index (χ4v) is 3.97. The molecule has 0 amide bonds. The highest BCUT2D eigenvalue weighted by molar-refractivity contribution is 5.85. The zero-order valence-corrected chi connectivity index (χ0v) is 16.3. The first-order valence-electron chi connectivity index (χ1n) is 10.1. The van der Waals surface area contributed by atoms with Crippen LogP contribution in [0.25, 0.3) is 16.6 Å². The Hall–Kier alpha value is -2.75. The molecule has 4 heteroatoms. The standard InChI is InChI=1S/C24H26FN3/c1-16-11-12-18(15-26-16)13-19-14-23(17(2)27-20-7-4-3-5-8-20)28-24-21(19)9-6-10-22(24)25/h6,9-12,14-15,20,27H,2-5,7-8,13H2,1H3. The quantitative estimate of drug-likeness (QED) is 0.634. The Labute approximate surface area is 165 Å². The van der Waals surface area contributed by atoms with Crippen molar-refractivity contribution in [1.29, 1.82) is 0 Å². The zero-order valence-electron chi connectivity index (χ0n) is 16.3. The van der Waals surface area contributed by atoms with Gasteiger partial charge in [0.05, 0.1) is 11.4 Å². The second-order valence-electron chi connectivity index (χ2n) is 7.75. The van der Waals surface area contributed by atoms with E-state index in [1.165, 1.54) is 25.3 Å². The summed E-state index contributed by atoms with van der Waals surface area (Å²) in [6.07, 6.45) is 8.67. The van der Waals surface area contributed by atoms with Crippen molar-refractivity contribution in [2.24, 2.45) is 0 Å². The number of hydrogen-bond acceptors (Lipinski definition) is 3. The number of halogens is 1. The molecule has 1 aliphatic carbocycles. The van der Waals surface area contributed by atoms with E-state index in [9.17, 15) is 4.39 Å². The van der Waals surface area contributed by atoms with Crippen molar-refractivity contribution in [3.63, 3.8) is 0 Å². The molecule has 0 saturated heterocycles. The Bertz CT molecular complexity index is 989. The van der Waals surface area contributed by atoms with Crippen LogP contribution in [0.15, 0.2) is 49.2 Å². The predicted octanol–water partition coefficient (Wildman–Crippen LogP) is 5.56. The molecule has 0 spiro atoms. The van der Waals surface area contributed by atoms with Crippen LogP contribution in [-0.4, -0.2) is 16.0 Å². The molecule has 1 aromatic carbocycles. The number of aryl methyl sites for hydroxylation is 1. The van der Waals surface area contributed by atoms with E-state index in [0.717, 1.165) is 46.4 Å². The number of rotatable bonds is 5. The number of nitrogens with one attached hydrogen (secondary N) is 1. The molecule has 144 valence electrons. The predicted molar refractivity (Wildman–Crippen MR) is 113 cm³/mol. The van der Waals surface area contributed by atoms with Gasteiger partial charge in [-0.1, -0.05) is 44.0 Å². The Kier molecular flexibility index (Phi) is 5.38. The summed E-state index contributed by atoms with van der Waals surface area (Å²) in [5.41, 5.74) is 5.02. The lowest BCUT2D eigenvalue weighted by Crippen LogP contribution is -2.29. The normalized spacial score (nSPS) is 14.9. The molecule has 0 radical (unpaired) electrons. The summed E-state index contributed by atoms with van der Waals surface area (Å²) < 4.78 is 14.5. The lowest BCUT2D eigenvalue weighted by molar-refractivity contribution is 0.409. The fourth-order valence-electron chi connectivity index (χ4n) is 3.97. The first-order chi connectivity index (χ1) is 13.6. The molecule has 1 fully saturated rings. The zero-order chi connectivity index (χ0) is 19.5. The van der Waals surface area contributed by atoms with Crippen molar-refractivity contribution in [1.82, 2.24) is 15.3 Å². The van der Waals surface area contributed by atoms with Gasteiger partial charge in [0.1, 0.15) is 11.3 Å². The molecule has 3 aromatic rings. The number of nitrogens with zero attached hydrogens (tertiary/aromatic N) is 2. The third-order valence-electron chi connectivity index (χ3n) is 5.54. The highest BCUT2D eigenvalue weighted by Gasteiger charge is 2.16. The smallest absolute Gasteiger partial charge is 0.149 e. The van der Waals surface area contributed by atoms with Crippen molar-refractivity contribution < 1.29 is 4.39 Å². The van der Waals surface area contributed by atoms with Crippen LogP contribution in [0.1, 0.15) is 54.6 Å². The molecule has 0 unspecified atom stereocenters. The Balaban J connectivity index is 1.69. The molecule has 1 N–H and O–H groups in total. The van der Waals surface area contributed by atoms with E-state index in [4.69, 9.17) is 0 Å². The highest BCUT2D eigenvalue weighted by Crippen LogP contribution is 2.26. The maximum atomic E-state index is 14.5. The van der Waals surface area contributed by atoms with Crippen LogP contribution in [0, 0.1) is 12.7 Å². The van der Waals surface area contributed by atoms with Gasteiger partial charge in [-0.2, -0.15) is 0 Å². The summed E-state index contributed by atoms with van der Waals surface area (Å²) in [4.78, 5) is 8.99. The van der Waals surface area contributed by atoms with E-state index < -0.39 is 0 Å². The molecule has 0 aliphatic heterocycles. The Morgan fingerprint density at radius 2 is 2.00 bits per heavy atom. The van der Waals surface area contributed by atoms with Gasteiger partial charge in [-0.3, -0.25) is 4.98 Å².